The van der Waals surface area contributed by atoms with Gasteiger partial charge >= 0.3 is 0 Å². The van der Waals surface area contributed by atoms with Crippen molar-refractivity contribution < 1.29 is 9.53 Å². The normalized spacial score (nSPS) is 10.3. The topological polar surface area (TPSA) is 51.2 Å². The number of aromatic nitrogens is 1. The SMILES string of the molecule is CC(C)COc1ccc(NC(=O)c2ccccn2)cc1. The molecule has 1 aromatic carbocycles. The van der Waals surface area contributed by atoms with E-state index in [1.54, 1.807) is 24.4 Å². The number of ether oxygens (including phenoxy) is 1. The molecule has 0 unspecified atom stereocenters. The van der Waals surface area contributed by atoms with Gasteiger partial charge in [-0.25, -0.2) is 0 Å². The third kappa shape index (κ3) is 4.09. The number of amides is 1. The van der Waals surface area contributed by atoms with Crippen molar-refractivity contribution in [3.8, 4) is 5.75 Å². The summed E-state index contributed by atoms with van der Waals surface area (Å²) in [5, 5.41) is 2.79. The van der Waals surface area contributed by atoms with Crippen LogP contribution in [0.15, 0.2) is 48.7 Å². The van der Waals surface area contributed by atoms with E-state index in [2.05, 4.69) is 24.1 Å². The maximum absolute atomic E-state index is 11.9. The molecule has 0 aliphatic heterocycles. The van der Waals surface area contributed by atoms with Gasteiger partial charge in [0.1, 0.15) is 11.4 Å². The van der Waals surface area contributed by atoms with Crippen molar-refractivity contribution in [2.75, 3.05) is 11.9 Å². The predicted molar refractivity (Wildman–Crippen MR) is 79.0 cm³/mol. The van der Waals surface area contributed by atoms with Crippen LogP contribution in [0, 0.1) is 5.92 Å². The van der Waals surface area contributed by atoms with Gasteiger partial charge in [0, 0.05) is 11.9 Å². The molecule has 2 aromatic rings. The number of carbonyl (C=O) groups excluding carboxylic acids is 1. The Kier molecular flexibility index (Phi) is 4.71. The second-order valence-electron chi connectivity index (χ2n) is 4.90. The first-order chi connectivity index (χ1) is 9.65. The molecule has 0 aliphatic rings. The van der Waals surface area contributed by atoms with E-state index in [-0.39, 0.29) is 5.91 Å². The molecule has 0 radical (unpaired) electrons. The largest absolute Gasteiger partial charge is 0.493 e. The number of rotatable bonds is 5. The zero-order valence-corrected chi connectivity index (χ0v) is 11.7. The molecule has 1 amide bonds. The van der Waals surface area contributed by atoms with Crippen LogP contribution in [0.3, 0.4) is 0 Å². The monoisotopic (exact) mass is 270 g/mol. The highest BCUT2D eigenvalue weighted by atomic mass is 16.5. The molecule has 4 heteroatoms. The number of anilines is 1. The summed E-state index contributed by atoms with van der Waals surface area (Å²) in [6.45, 7) is 4.88. The molecule has 4 nitrogen and oxygen atoms in total. The summed E-state index contributed by atoms with van der Waals surface area (Å²) < 4.78 is 5.59. The molecule has 0 atom stereocenters. The Morgan fingerprint density at radius 3 is 2.55 bits per heavy atom. The second-order valence-corrected chi connectivity index (χ2v) is 4.90. The van der Waals surface area contributed by atoms with Crippen molar-refractivity contribution >= 4 is 11.6 Å². The van der Waals surface area contributed by atoms with E-state index in [4.69, 9.17) is 4.74 Å². The summed E-state index contributed by atoms with van der Waals surface area (Å²) in [6.07, 6.45) is 1.60. The van der Waals surface area contributed by atoms with Crippen LogP contribution in [0.5, 0.6) is 5.75 Å². The van der Waals surface area contributed by atoms with Crippen molar-refractivity contribution in [3.63, 3.8) is 0 Å². The average Bonchev–Trinajstić information content (AvgIpc) is 2.47. The van der Waals surface area contributed by atoms with Crippen LogP contribution < -0.4 is 10.1 Å². The van der Waals surface area contributed by atoms with Gasteiger partial charge in [-0.1, -0.05) is 19.9 Å². The van der Waals surface area contributed by atoms with Crippen LogP contribution in [0.4, 0.5) is 5.69 Å². The average molecular weight is 270 g/mol. The molecule has 104 valence electrons. The Balaban J connectivity index is 1.95. The molecule has 0 saturated heterocycles. The quantitative estimate of drug-likeness (QED) is 0.906. The van der Waals surface area contributed by atoms with Gasteiger partial charge in [0.2, 0.25) is 0 Å². The zero-order chi connectivity index (χ0) is 14.4. The molecule has 0 fully saturated rings. The number of hydrogen-bond donors (Lipinski definition) is 1. The number of pyridine rings is 1. The van der Waals surface area contributed by atoms with Crippen LogP contribution in [0.2, 0.25) is 0 Å². The summed E-state index contributed by atoms with van der Waals surface area (Å²) in [5.74, 6) is 1.06. The Hall–Kier alpha value is -2.36. The number of nitrogens with zero attached hydrogens (tertiary/aromatic N) is 1. The van der Waals surface area contributed by atoms with Crippen molar-refractivity contribution in [2.45, 2.75) is 13.8 Å². The van der Waals surface area contributed by atoms with E-state index in [0.717, 1.165) is 11.4 Å². The van der Waals surface area contributed by atoms with Gasteiger partial charge in [0.25, 0.3) is 5.91 Å². The van der Waals surface area contributed by atoms with Gasteiger partial charge in [-0.05, 0) is 42.3 Å². The lowest BCUT2D eigenvalue weighted by Crippen LogP contribution is -2.13. The van der Waals surface area contributed by atoms with Crippen LogP contribution in [-0.2, 0) is 0 Å². The summed E-state index contributed by atoms with van der Waals surface area (Å²) in [5.41, 5.74) is 1.12. The Morgan fingerprint density at radius 2 is 1.95 bits per heavy atom. The Bertz CT molecular complexity index is 550. The van der Waals surface area contributed by atoms with Crippen molar-refractivity contribution in [3.05, 3.63) is 54.4 Å². The molecule has 0 aliphatic carbocycles. The fraction of sp³-hybridized carbons (Fsp3) is 0.250. The number of benzene rings is 1. The lowest BCUT2D eigenvalue weighted by molar-refractivity contribution is 0.102. The van der Waals surface area contributed by atoms with Gasteiger partial charge in [-0.15, -0.1) is 0 Å². The first kappa shape index (κ1) is 14.1. The molecule has 2 rings (SSSR count). The zero-order valence-electron chi connectivity index (χ0n) is 11.7. The second kappa shape index (κ2) is 6.70. The molecule has 1 aromatic heterocycles. The summed E-state index contributed by atoms with van der Waals surface area (Å²) in [7, 11) is 0. The Labute approximate surface area is 118 Å². The summed E-state index contributed by atoms with van der Waals surface area (Å²) >= 11 is 0. The van der Waals surface area contributed by atoms with E-state index in [9.17, 15) is 4.79 Å². The standard InChI is InChI=1S/C16H18N2O2/c1-12(2)11-20-14-8-6-13(7-9-14)18-16(19)15-5-3-4-10-17-15/h3-10,12H,11H2,1-2H3,(H,18,19). The molecular formula is C16H18N2O2. The maximum atomic E-state index is 11.9. The van der Waals surface area contributed by atoms with E-state index in [1.165, 1.54) is 0 Å². The molecule has 1 N–H and O–H groups in total. The highest BCUT2D eigenvalue weighted by molar-refractivity contribution is 6.02. The first-order valence-electron chi connectivity index (χ1n) is 6.60. The molecule has 1 heterocycles. The number of nitrogens with one attached hydrogen (secondary N) is 1. The summed E-state index contributed by atoms with van der Waals surface area (Å²) in [4.78, 5) is 15.9. The van der Waals surface area contributed by atoms with E-state index >= 15 is 0 Å². The molecular weight excluding hydrogens is 252 g/mol. The van der Waals surface area contributed by atoms with Crippen molar-refractivity contribution in [1.29, 1.82) is 0 Å². The highest BCUT2D eigenvalue weighted by Gasteiger charge is 2.06. The van der Waals surface area contributed by atoms with Crippen LogP contribution in [0.25, 0.3) is 0 Å². The number of carbonyl (C=O) groups is 1. The predicted octanol–water partition coefficient (Wildman–Crippen LogP) is 3.37. The molecule has 20 heavy (non-hydrogen) atoms. The lowest BCUT2D eigenvalue weighted by Gasteiger charge is -2.09. The van der Waals surface area contributed by atoms with Gasteiger partial charge < -0.3 is 10.1 Å². The lowest BCUT2D eigenvalue weighted by atomic mass is 10.2. The van der Waals surface area contributed by atoms with Gasteiger partial charge in [-0.2, -0.15) is 0 Å². The van der Waals surface area contributed by atoms with Crippen LogP contribution >= 0.6 is 0 Å². The smallest absolute Gasteiger partial charge is 0.274 e. The van der Waals surface area contributed by atoms with E-state index in [1.807, 2.05) is 24.3 Å². The Morgan fingerprint density at radius 1 is 1.20 bits per heavy atom. The summed E-state index contributed by atoms with van der Waals surface area (Å²) in [6, 6.07) is 12.6. The first-order valence-corrected chi connectivity index (χ1v) is 6.60. The van der Waals surface area contributed by atoms with Crippen LogP contribution in [0.1, 0.15) is 24.3 Å². The molecule has 0 bridgehead atoms. The molecule has 0 spiro atoms. The van der Waals surface area contributed by atoms with Gasteiger partial charge in [-0.3, -0.25) is 9.78 Å². The van der Waals surface area contributed by atoms with Gasteiger partial charge in [0.15, 0.2) is 0 Å². The third-order valence-corrected chi connectivity index (χ3v) is 2.59. The third-order valence-electron chi connectivity index (χ3n) is 2.59. The fourth-order valence-corrected chi connectivity index (χ4v) is 1.59. The van der Waals surface area contributed by atoms with Crippen molar-refractivity contribution in [2.24, 2.45) is 5.92 Å². The number of hydrogen-bond acceptors (Lipinski definition) is 3. The minimum Gasteiger partial charge on any atom is -0.493 e. The fourth-order valence-electron chi connectivity index (χ4n) is 1.59. The van der Waals surface area contributed by atoms with Crippen molar-refractivity contribution in [1.82, 2.24) is 4.98 Å². The van der Waals surface area contributed by atoms with Crippen LogP contribution in [-0.4, -0.2) is 17.5 Å². The van der Waals surface area contributed by atoms with E-state index < -0.39 is 0 Å². The highest BCUT2D eigenvalue weighted by Crippen LogP contribution is 2.16. The molecule has 0 saturated carbocycles. The maximum Gasteiger partial charge on any atom is 0.274 e. The minimum absolute atomic E-state index is 0.221. The van der Waals surface area contributed by atoms with Gasteiger partial charge in [0.05, 0.1) is 6.61 Å². The van der Waals surface area contributed by atoms with E-state index in [0.29, 0.717) is 18.2 Å². The minimum atomic E-state index is -0.221.